The molecule has 0 spiro atoms. The van der Waals surface area contributed by atoms with Crippen molar-refractivity contribution in [3.8, 4) is 0 Å². The summed E-state index contributed by atoms with van der Waals surface area (Å²) in [6.07, 6.45) is 13.4. The van der Waals surface area contributed by atoms with Crippen LogP contribution in [0.3, 0.4) is 0 Å². The third kappa shape index (κ3) is 4.79. The van der Waals surface area contributed by atoms with E-state index in [0.717, 1.165) is 25.7 Å². The molecule has 2 aliphatic carbocycles. The van der Waals surface area contributed by atoms with Gasteiger partial charge in [-0.1, -0.05) is 32.1 Å². The Balaban J connectivity index is 1.73. The summed E-state index contributed by atoms with van der Waals surface area (Å²) in [6.45, 7) is 0. The summed E-state index contributed by atoms with van der Waals surface area (Å²) in [5, 5.41) is 6.66. The predicted octanol–water partition coefficient (Wildman–Crippen LogP) is 2.99. The van der Waals surface area contributed by atoms with Crippen LogP contribution in [-0.4, -0.2) is 25.0 Å². The zero-order valence-corrected chi connectivity index (χ0v) is 12.4. The molecule has 0 bridgehead atoms. The van der Waals surface area contributed by atoms with E-state index in [1.807, 2.05) is 7.05 Å². The van der Waals surface area contributed by atoms with Crippen molar-refractivity contribution < 1.29 is 4.79 Å². The van der Waals surface area contributed by atoms with Crippen LogP contribution >= 0.6 is 0 Å². The van der Waals surface area contributed by atoms with Crippen molar-refractivity contribution >= 4 is 5.91 Å². The molecule has 19 heavy (non-hydrogen) atoms. The highest BCUT2D eigenvalue weighted by Gasteiger charge is 2.25. The maximum atomic E-state index is 12.4. The smallest absolute Gasteiger partial charge is 0.223 e. The van der Waals surface area contributed by atoms with E-state index in [4.69, 9.17) is 0 Å². The minimum absolute atomic E-state index is 0.294. The fourth-order valence-electron chi connectivity index (χ4n) is 3.56. The highest BCUT2D eigenvalue weighted by Crippen LogP contribution is 2.24. The lowest BCUT2D eigenvalue weighted by Gasteiger charge is -2.30. The molecule has 0 radical (unpaired) electrons. The van der Waals surface area contributed by atoms with Gasteiger partial charge in [-0.15, -0.1) is 0 Å². The van der Waals surface area contributed by atoms with Gasteiger partial charge in [0.1, 0.15) is 0 Å². The Kier molecular flexibility index (Phi) is 6.15. The maximum absolute atomic E-state index is 12.4. The predicted molar refractivity (Wildman–Crippen MR) is 79.1 cm³/mol. The van der Waals surface area contributed by atoms with E-state index in [0.29, 0.717) is 23.9 Å². The second-order valence-electron chi connectivity index (χ2n) is 6.39. The van der Waals surface area contributed by atoms with Gasteiger partial charge in [0.05, 0.1) is 0 Å². The van der Waals surface area contributed by atoms with Gasteiger partial charge in [0.15, 0.2) is 0 Å². The van der Waals surface area contributed by atoms with Gasteiger partial charge in [-0.2, -0.15) is 0 Å². The minimum Gasteiger partial charge on any atom is -0.353 e. The van der Waals surface area contributed by atoms with Gasteiger partial charge in [-0.3, -0.25) is 4.79 Å². The Labute approximate surface area is 117 Å². The molecule has 0 aliphatic heterocycles. The fourth-order valence-corrected chi connectivity index (χ4v) is 3.56. The SMILES string of the molecule is CNC1CCC(NC(=O)C2CCCCCCC2)CC1. The summed E-state index contributed by atoms with van der Waals surface area (Å²) >= 11 is 0. The van der Waals surface area contributed by atoms with Crippen LogP contribution in [0.15, 0.2) is 0 Å². The van der Waals surface area contributed by atoms with Crippen LogP contribution in [0.5, 0.6) is 0 Å². The molecule has 0 aromatic rings. The van der Waals surface area contributed by atoms with Crippen LogP contribution in [-0.2, 0) is 4.79 Å². The number of nitrogens with one attached hydrogen (secondary N) is 2. The Bertz CT molecular complexity index is 264. The van der Waals surface area contributed by atoms with Crippen molar-refractivity contribution in [3.05, 3.63) is 0 Å². The van der Waals surface area contributed by atoms with Gasteiger partial charge < -0.3 is 10.6 Å². The maximum Gasteiger partial charge on any atom is 0.223 e. The summed E-state index contributed by atoms with van der Waals surface area (Å²) < 4.78 is 0. The first-order chi connectivity index (χ1) is 9.29. The lowest BCUT2D eigenvalue weighted by atomic mass is 9.88. The molecular weight excluding hydrogens is 236 g/mol. The van der Waals surface area contributed by atoms with Crippen molar-refractivity contribution in [2.45, 2.75) is 82.7 Å². The number of carbonyl (C=O) groups excluding carboxylic acids is 1. The average Bonchev–Trinajstić information content (AvgIpc) is 2.39. The van der Waals surface area contributed by atoms with E-state index in [9.17, 15) is 4.79 Å². The molecule has 3 heteroatoms. The van der Waals surface area contributed by atoms with Crippen LogP contribution in [0.25, 0.3) is 0 Å². The quantitative estimate of drug-likeness (QED) is 0.824. The van der Waals surface area contributed by atoms with Gasteiger partial charge in [0.2, 0.25) is 5.91 Å². The lowest BCUT2D eigenvalue weighted by molar-refractivity contribution is -0.126. The minimum atomic E-state index is 0.294. The second kappa shape index (κ2) is 7.88. The van der Waals surface area contributed by atoms with Crippen LogP contribution in [0.4, 0.5) is 0 Å². The molecule has 2 N–H and O–H groups in total. The molecule has 2 saturated carbocycles. The van der Waals surface area contributed by atoms with Crippen molar-refractivity contribution in [2.24, 2.45) is 5.92 Å². The molecular formula is C16H30N2O. The molecule has 2 rings (SSSR count). The molecule has 0 saturated heterocycles. The summed E-state index contributed by atoms with van der Waals surface area (Å²) in [7, 11) is 2.04. The third-order valence-electron chi connectivity index (χ3n) is 4.96. The Morgan fingerprint density at radius 3 is 1.89 bits per heavy atom. The van der Waals surface area contributed by atoms with E-state index in [-0.39, 0.29) is 0 Å². The van der Waals surface area contributed by atoms with Gasteiger partial charge in [-0.25, -0.2) is 0 Å². The Hall–Kier alpha value is -0.570. The van der Waals surface area contributed by atoms with Gasteiger partial charge in [0, 0.05) is 18.0 Å². The van der Waals surface area contributed by atoms with Crippen molar-refractivity contribution in [1.82, 2.24) is 10.6 Å². The second-order valence-corrected chi connectivity index (χ2v) is 6.39. The van der Waals surface area contributed by atoms with Crippen molar-refractivity contribution in [2.75, 3.05) is 7.05 Å². The van der Waals surface area contributed by atoms with E-state index in [1.165, 1.54) is 44.9 Å². The number of amides is 1. The van der Waals surface area contributed by atoms with Crippen LogP contribution in [0.2, 0.25) is 0 Å². The highest BCUT2D eigenvalue weighted by atomic mass is 16.1. The molecule has 2 fully saturated rings. The van der Waals surface area contributed by atoms with Crippen molar-refractivity contribution in [1.29, 1.82) is 0 Å². The highest BCUT2D eigenvalue weighted by molar-refractivity contribution is 5.78. The number of rotatable bonds is 3. The summed E-state index contributed by atoms with van der Waals surface area (Å²) in [5.74, 6) is 0.636. The van der Waals surface area contributed by atoms with E-state index < -0.39 is 0 Å². The van der Waals surface area contributed by atoms with Gasteiger partial charge in [-0.05, 0) is 45.6 Å². The van der Waals surface area contributed by atoms with E-state index in [2.05, 4.69) is 10.6 Å². The average molecular weight is 266 g/mol. The third-order valence-corrected chi connectivity index (χ3v) is 4.96. The van der Waals surface area contributed by atoms with Crippen LogP contribution in [0, 0.1) is 5.92 Å². The Morgan fingerprint density at radius 2 is 1.32 bits per heavy atom. The van der Waals surface area contributed by atoms with Gasteiger partial charge in [0.25, 0.3) is 0 Å². The van der Waals surface area contributed by atoms with Crippen molar-refractivity contribution in [3.63, 3.8) is 0 Å². The molecule has 110 valence electrons. The van der Waals surface area contributed by atoms with Crippen LogP contribution < -0.4 is 10.6 Å². The molecule has 0 unspecified atom stereocenters. The summed E-state index contributed by atoms with van der Waals surface area (Å²) in [5.41, 5.74) is 0. The number of hydrogen-bond acceptors (Lipinski definition) is 2. The fraction of sp³-hybridized carbons (Fsp3) is 0.938. The van der Waals surface area contributed by atoms with Gasteiger partial charge >= 0.3 is 0 Å². The molecule has 0 heterocycles. The molecule has 0 atom stereocenters. The monoisotopic (exact) mass is 266 g/mol. The lowest BCUT2D eigenvalue weighted by Crippen LogP contribution is -2.43. The summed E-state index contributed by atoms with van der Waals surface area (Å²) in [6, 6.07) is 1.09. The largest absolute Gasteiger partial charge is 0.353 e. The number of carbonyl (C=O) groups is 1. The van der Waals surface area contributed by atoms with Crippen LogP contribution in [0.1, 0.15) is 70.6 Å². The normalized spacial score (nSPS) is 30.4. The van der Waals surface area contributed by atoms with E-state index >= 15 is 0 Å². The first-order valence-electron chi connectivity index (χ1n) is 8.27. The molecule has 0 aromatic heterocycles. The van der Waals surface area contributed by atoms with E-state index in [1.54, 1.807) is 0 Å². The molecule has 0 aromatic carbocycles. The first kappa shape index (κ1) is 14.8. The zero-order valence-electron chi connectivity index (χ0n) is 12.4. The molecule has 3 nitrogen and oxygen atoms in total. The standard InChI is InChI=1S/C16H30N2O/c1-17-14-9-11-15(12-10-14)18-16(19)13-7-5-3-2-4-6-8-13/h13-15,17H,2-12H2,1H3,(H,18,19). The Morgan fingerprint density at radius 1 is 0.789 bits per heavy atom. The summed E-state index contributed by atoms with van der Waals surface area (Å²) in [4.78, 5) is 12.4. The first-order valence-corrected chi connectivity index (χ1v) is 8.27. The topological polar surface area (TPSA) is 41.1 Å². The molecule has 1 amide bonds. The molecule has 2 aliphatic rings. The zero-order chi connectivity index (χ0) is 13.5. The number of hydrogen-bond donors (Lipinski definition) is 2.